The normalized spacial score (nSPS) is 11.0. The molecular formula is C21H25ClIN5O2. The van der Waals surface area contributed by atoms with Crippen LogP contribution in [0.2, 0.25) is 5.02 Å². The van der Waals surface area contributed by atoms with E-state index in [0.717, 1.165) is 23.4 Å². The Morgan fingerprint density at radius 3 is 2.77 bits per heavy atom. The molecule has 3 aromatic rings. The van der Waals surface area contributed by atoms with Crippen LogP contribution in [0.25, 0.3) is 11.4 Å². The second kappa shape index (κ2) is 12.4. The lowest BCUT2D eigenvalue weighted by molar-refractivity contribution is 0.378. The maximum Gasteiger partial charge on any atom is 0.228 e. The van der Waals surface area contributed by atoms with Gasteiger partial charge in [-0.15, -0.1) is 24.0 Å². The average Bonchev–Trinajstić information content (AvgIpc) is 3.21. The first kappa shape index (κ1) is 23.9. The van der Waals surface area contributed by atoms with Crippen molar-refractivity contribution in [2.24, 2.45) is 4.99 Å². The van der Waals surface area contributed by atoms with E-state index >= 15 is 0 Å². The van der Waals surface area contributed by atoms with Gasteiger partial charge in [0.25, 0.3) is 0 Å². The highest BCUT2D eigenvalue weighted by Crippen LogP contribution is 2.20. The summed E-state index contributed by atoms with van der Waals surface area (Å²) in [5.74, 6) is 2.62. The molecule has 0 saturated carbocycles. The van der Waals surface area contributed by atoms with E-state index in [9.17, 15) is 0 Å². The molecule has 9 heteroatoms. The van der Waals surface area contributed by atoms with Gasteiger partial charge in [0.1, 0.15) is 5.75 Å². The summed E-state index contributed by atoms with van der Waals surface area (Å²) in [6.45, 7) is 3.90. The van der Waals surface area contributed by atoms with Gasteiger partial charge < -0.3 is 19.9 Å². The van der Waals surface area contributed by atoms with Crippen LogP contribution < -0.4 is 15.4 Å². The molecule has 1 aromatic heterocycles. The molecule has 0 fully saturated rings. The first-order chi connectivity index (χ1) is 14.2. The minimum absolute atomic E-state index is 0. The quantitative estimate of drug-likeness (QED) is 0.251. The Balaban J connectivity index is 0.00000320. The van der Waals surface area contributed by atoms with Gasteiger partial charge in [0.2, 0.25) is 11.7 Å². The molecular weight excluding hydrogens is 517 g/mol. The number of aromatic nitrogens is 2. The lowest BCUT2D eigenvalue weighted by atomic mass is 10.2. The van der Waals surface area contributed by atoms with Crippen molar-refractivity contribution in [1.82, 2.24) is 20.8 Å². The molecule has 0 spiro atoms. The summed E-state index contributed by atoms with van der Waals surface area (Å²) in [6.07, 6.45) is 0.576. The molecule has 0 atom stereocenters. The zero-order valence-corrected chi connectivity index (χ0v) is 20.0. The van der Waals surface area contributed by atoms with Crippen LogP contribution >= 0.6 is 35.6 Å². The number of rotatable bonds is 8. The number of hydrogen-bond acceptors (Lipinski definition) is 5. The predicted octanol–water partition coefficient (Wildman–Crippen LogP) is 4.31. The molecule has 3 rings (SSSR count). The van der Waals surface area contributed by atoms with E-state index in [1.807, 2.05) is 55.5 Å². The smallest absolute Gasteiger partial charge is 0.228 e. The molecule has 1 heterocycles. The topological polar surface area (TPSA) is 84.6 Å². The van der Waals surface area contributed by atoms with Crippen molar-refractivity contribution in [3.63, 3.8) is 0 Å². The van der Waals surface area contributed by atoms with Crippen LogP contribution in [0.3, 0.4) is 0 Å². The summed E-state index contributed by atoms with van der Waals surface area (Å²) < 4.78 is 10.7. The molecule has 2 N–H and O–H groups in total. The lowest BCUT2D eigenvalue weighted by Crippen LogP contribution is -2.38. The number of nitrogens with one attached hydrogen (secondary N) is 2. The Bertz CT molecular complexity index is 964. The highest BCUT2D eigenvalue weighted by Gasteiger charge is 2.09. The monoisotopic (exact) mass is 541 g/mol. The molecule has 7 nitrogen and oxygen atoms in total. The van der Waals surface area contributed by atoms with Crippen LogP contribution in [0.1, 0.15) is 18.4 Å². The maximum absolute atomic E-state index is 6.02. The van der Waals surface area contributed by atoms with Crippen molar-refractivity contribution >= 4 is 41.5 Å². The van der Waals surface area contributed by atoms with Crippen LogP contribution in [-0.4, -0.2) is 36.3 Å². The van der Waals surface area contributed by atoms with Gasteiger partial charge in [-0.25, -0.2) is 4.99 Å². The van der Waals surface area contributed by atoms with Crippen molar-refractivity contribution in [3.05, 3.63) is 65.0 Å². The summed E-state index contributed by atoms with van der Waals surface area (Å²) in [5.41, 5.74) is 1.85. The molecule has 2 aromatic carbocycles. The number of guanidine groups is 1. The first-order valence-electron chi connectivity index (χ1n) is 9.42. The van der Waals surface area contributed by atoms with Crippen LogP contribution in [0, 0.1) is 0 Å². The van der Waals surface area contributed by atoms with Crippen LogP contribution in [0.4, 0.5) is 0 Å². The Hall–Kier alpha value is -2.33. The van der Waals surface area contributed by atoms with E-state index in [1.165, 1.54) is 0 Å². The number of ether oxygens (including phenoxy) is 1. The highest BCUT2D eigenvalue weighted by molar-refractivity contribution is 14.0. The second-order valence-electron chi connectivity index (χ2n) is 6.21. The van der Waals surface area contributed by atoms with Gasteiger partial charge in [0.15, 0.2) is 5.96 Å². The Morgan fingerprint density at radius 1 is 1.17 bits per heavy atom. The Morgan fingerprint density at radius 2 is 2.00 bits per heavy atom. The van der Waals surface area contributed by atoms with E-state index in [4.69, 9.17) is 20.9 Å². The Kier molecular flexibility index (Phi) is 9.88. The molecule has 0 radical (unpaired) electrons. The van der Waals surface area contributed by atoms with E-state index in [1.54, 1.807) is 7.11 Å². The fourth-order valence-electron chi connectivity index (χ4n) is 2.73. The third kappa shape index (κ3) is 6.88. The molecule has 30 heavy (non-hydrogen) atoms. The standard InChI is InChI=1S/C21H24ClN5O2.HI/c1-3-23-21(25-14-16-7-4-5-10-18(16)28-2)24-12-11-19-26-20(27-29-19)15-8-6-9-17(22)13-15;/h4-10,13H,3,11-12,14H2,1-2H3,(H2,23,24,25);1H. The van der Waals surface area contributed by atoms with E-state index in [2.05, 4.69) is 25.8 Å². The Labute approximate surface area is 198 Å². The highest BCUT2D eigenvalue weighted by atomic mass is 127. The number of benzene rings is 2. The number of methoxy groups -OCH3 is 1. The van der Waals surface area contributed by atoms with E-state index in [-0.39, 0.29) is 24.0 Å². The largest absolute Gasteiger partial charge is 0.496 e. The zero-order valence-electron chi connectivity index (χ0n) is 16.9. The summed E-state index contributed by atoms with van der Waals surface area (Å²) >= 11 is 6.02. The summed E-state index contributed by atoms with van der Waals surface area (Å²) in [6, 6.07) is 15.2. The third-order valence-corrected chi connectivity index (χ3v) is 4.36. The molecule has 160 valence electrons. The molecule has 0 aliphatic carbocycles. The molecule has 0 unspecified atom stereocenters. The van der Waals surface area contributed by atoms with Crippen molar-refractivity contribution in [2.75, 3.05) is 20.2 Å². The van der Waals surface area contributed by atoms with Crippen LogP contribution in [0.5, 0.6) is 5.75 Å². The number of halogens is 2. The number of para-hydroxylation sites is 1. The summed E-state index contributed by atoms with van der Waals surface area (Å²) in [4.78, 5) is 9.05. The fraction of sp³-hybridized carbons (Fsp3) is 0.286. The minimum Gasteiger partial charge on any atom is -0.496 e. The predicted molar refractivity (Wildman–Crippen MR) is 130 cm³/mol. The van der Waals surface area contributed by atoms with Crippen molar-refractivity contribution in [2.45, 2.75) is 19.9 Å². The van der Waals surface area contributed by atoms with Crippen molar-refractivity contribution in [3.8, 4) is 17.1 Å². The molecule has 0 bridgehead atoms. The van der Waals surface area contributed by atoms with Gasteiger partial charge in [-0.3, -0.25) is 0 Å². The van der Waals surface area contributed by atoms with Crippen LogP contribution in [-0.2, 0) is 13.0 Å². The molecule has 0 aliphatic heterocycles. The van der Waals surface area contributed by atoms with E-state index < -0.39 is 0 Å². The summed E-state index contributed by atoms with van der Waals surface area (Å²) in [7, 11) is 1.66. The first-order valence-corrected chi connectivity index (χ1v) is 9.80. The molecule has 0 saturated heterocycles. The number of nitrogens with zero attached hydrogens (tertiary/aromatic N) is 3. The molecule has 0 amide bonds. The SMILES string of the molecule is CCNC(=NCc1ccccc1OC)NCCc1nc(-c2cccc(Cl)c2)no1.I. The minimum atomic E-state index is 0. The molecule has 0 aliphatic rings. The van der Waals surface area contributed by atoms with E-state index in [0.29, 0.717) is 42.2 Å². The van der Waals surface area contributed by atoms with Gasteiger partial charge in [-0.1, -0.05) is 47.1 Å². The van der Waals surface area contributed by atoms with Gasteiger partial charge in [-0.05, 0) is 25.1 Å². The summed E-state index contributed by atoms with van der Waals surface area (Å²) in [5, 5.41) is 11.2. The lowest BCUT2D eigenvalue weighted by Gasteiger charge is -2.11. The number of hydrogen-bond donors (Lipinski definition) is 2. The average molecular weight is 542 g/mol. The van der Waals surface area contributed by atoms with Crippen LogP contribution in [0.15, 0.2) is 58.0 Å². The van der Waals surface area contributed by atoms with Crippen molar-refractivity contribution in [1.29, 1.82) is 0 Å². The number of aliphatic imine (C=N–C) groups is 1. The maximum atomic E-state index is 6.02. The van der Waals surface area contributed by atoms with Gasteiger partial charge in [-0.2, -0.15) is 4.98 Å². The zero-order chi connectivity index (χ0) is 20.5. The fourth-order valence-corrected chi connectivity index (χ4v) is 2.92. The second-order valence-corrected chi connectivity index (χ2v) is 6.64. The van der Waals surface area contributed by atoms with Crippen molar-refractivity contribution < 1.29 is 9.26 Å². The third-order valence-electron chi connectivity index (χ3n) is 4.13. The van der Waals surface area contributed by atoms with Gasteiger partial charge in [0.05, 0.1) is 13.7 Å². The van der Waals surface area contributed by atoms with Gasteiger partial charge in [0, 0.05) is 35.7 Å². The van der Waals surface area contributed by atoms with Gasteiger partial charge >= 0.3 is 0 Å².